The van der Waals surface area contributed by atoms with E-state index in [0.717, 1.165) is 22.6 Å². The molecule has 0 spiro atoms. The zero-order valence-electron chi connectivity index (χ0n) is 14.9. The molecule has 0 radical (unpaired) electrons. The number of H-pyrrole nitrogens is 1. The average molecular weight is 347 g/mol. The minimum absolute atomic E-state index is 0.0563. The van der Waals surface area contributed by atoms with Gasteiger partial charge in [0.15, 0.2) is 5.82 Å². The molecule has 0 fully saturated rings. The number of nitrogens with one attached hydrogen (secondary N) is 2. The Morgan fingerprint density at radius 1 is 1.15 bits per heavy atom. The molecule has 0 saturated heterocycles. The van der Waals surface area contributed by atoms with Crippen molar-refractivity contribution in [1.29, 1.82) is 0 Å². The SMILES string of the molecule is Cc1cc(C)cc(-c2cc(NC(=O)C3CCOc4ccccc43)n[nH]2)c1. The van der Waals surface area contributed by atoms with E-state index in [4.69, 9.17) is 4.74 Å². The van der Waals surface area contributed by atoms with Crippen LogP contribution in [0.5, 0.6) is 5.75 Å². The molecule has 1 aliphatic rings. The normalized spacial score (nSPS) is 15.8. The van der Waals surface area contributed by atoms with Crippen LogP contribution in [0.4, 0.5) is 5.82 Å². The molecule has 2 heterocycles. The smallest absolute Gasteiger partial charge is 0.233 e. The first-order chi connectivity index (χ1) is 12.6. The number of carbonyl (C=O) groups is 1. The van der Waals surface area contributed by atoms with Gasteiger partial charge in [-0.15, -0.1) is 0 Å². The summed E-state index contributed by atoms with van der Waals surface area (Å²) in [6, 6.07) is 15.9. The largest absolute Gasteiger partial charge is 0.493 e. The van der Waals surface area contributed by atoms with Crippen molar-refractivity contribution in [2.75, 3.05) is 11.9 Å². The first-order valence-corrected chi connectivity index (χ1v) is 8.77. The fourth-order valence-corrected chi connectivity index (χ4v) is 3.49. The lowest BCUT2D eigenvalue weighted by atomic mass is 9.92. The highest BCUT2D eigenvalue weighted by molar-refractivity contribution is 5.96. The van der Waals surface area contributed by atoms with Gasteiger partial charge < -0.3 is 10.1 Å². The first-order valence-electron chi connectivity index (χ1n) is 8.77. The van der Waals surface area contributed by atoms with Crippen molar-refractivity contribution in [2.24, 2.45) is 0 Å². The van der Waals surface area contributed by atoms with Crippen molar-refractivity contribution >= 4 is 11.7 Å². The van der Waals surface area contributed by atoms with Gasteiger partial charge in [-0.2, -0.15) is 5.10 Å². The van der Waals surface area contributed by atoms with Crippen LogP contribution in [-0.4, -0.2) is 22.7 Å². The number of aromatic amines is 1. The van der Waals surface area contributed by atoms with Crippen LogP contribution < -0.4 is 10.1 Å². The van der Waals surface area contributed by atoms with Crippen molar-refractivity contribution in [3.05, 3.63) is 65.2 Å². The monoisotopic (exact) mass is 347 g/mol. The summed E-state index contributed by atoms with van der Waals surface area (Å²) in [4.78, 5) is 12.8. The van der Waals surface area contributed by atoms with Crippen LogP contribution >= 0.6 is 0 Å². The van der Waals surface area contributed by atoms with Crippen molar-refractivity contribution in [1.82, 2.24) is 10.2 Å². The van der Waals surface area contributed by atoms with Crippen LogP contribution in [0.25, 0.3) is 11.3 Å². The van der Waals surface area contributed by atoms with Gasteiger partial charge in [-0.3, -0.25) is 9.89 Å². The maximum atomic E-state index is 12.8. The van der Waals surface area contributed by atoms with Gasteiger partial charge in [-0.25, -0.2) is 0 Å². The third-order valence-electron chi connectivity index (χ3n) is 4.64. The van der Waals surface area contributed by atoms with Crippen LogP contribution in [-0.2, 0) is 4.79 Å². The van der Waals surface area contributed by atoms with E-state index in [2.05, 4.69) is 47.6 Å². The number of ether oxygens (including phenoxy) is 1. The van der Waals surface area contributed by atoms with Gasteiger partial charge in [0.05, 0.1) is 18.2 Å². The third kappa shape index (κ3) is 3.20. The molecule has 132 valence electrons. The zero-order chi connectivity index (χ0) is 18.1. The summed E-state index contributed by atoms with van der Waals surface area (Å²) in [5, 5.41) is 10.2. The lowest BCUT2D eigenvalue weighted by Crippen LogP contribution is -2.26. The molecular formula is C21H21N3O2. The summed E-state index contributed by atoms with van der Waals surface area (Å²) in [6.07, 6.45) is 0.664. The topological polar surface area (TPSA) is 67.0 Å². The number of aromatic nitrogens is 2. The Bertz CT molecular complexity index is 941. The molecule has 2 N–H and O–H groups in total. The second kappa shape index (κ2) is 6.67. The van der Waals surface area contributed by atoms with Crippen molar-refractivity contribution in [3.8, 4) is 17.0 Å². The number of fused-ring (bicyclic) bond motifs is 1. The Morgan fingerprint density at radius 3 is 2.73 bits per heavy atom. The van der Waals surface area contributed by atoms with E-state index in [9.17, 15) is 4.79 Å². The van der Waals surface area contributed by atoms with E-state index >= 15 is 0 Å². The molecule has 1 atom stereocenters. The maximum absolute atomic E-state index is 12.8. The van der Waals surface area contributed by atoms with Gasteiger partial charge >= 0.3 is 0 Å². The Morgan fingerprint density at radius 2 is 1.92 bits per heavy atom. The van der Waals surface area contributed by atoms with Gasteiger partial charge in [0, 0.05) is 17.2 Å². The van der Waals surface area contributed by atoms with Gasteiger partial charge in [-0.05, 0) is 38.5 Å². The lowest BCUT2D eigenvalue weighted by Gasteiger charge is -2.24. The number of amides is 1. The van der Waals surface area contributed by atoms with Crippen LogP contribution in [0.2, 0.25) is 0 Å². The predicted octanol–water partition coefficient (Wildman–Crippen LogP) is 4.20. The number of nitrogens with zero attached hydrogens (tertiary/aromatic N) is 1. The molecule has 5 nitrogen and oxygen atoms in total. The van der Waals surface area contributed by atoms with Crippen LogP contribution in [0.3, 0.4) is 0 Å². The summed E-state index contributed by atoms with van der Waals surface area (Å²) >= 11 is 0. The van der Waals surface area contributed by atoms with E-state index in [0.29, 0.717) is 18.8 Å². The average Bonchev–Trinajstić information content (AvgIpc) is 3.09. The Hall–Kier alpha value is -3.08. The summed E-state index contributed by atoms with van der Waals surface area (Å²) in [6.45, 7) is 4.68. The van der Waals surface area contributed by atoms with Crippen LogP contribution in [0, 0.1) is 13.8 Å². The van der Waals surface area contributed by atoms with E-state index in [-0.39, 0.29) is 11.8 Å². The quantitative estimate of drug-likeness (QED) is 0.746. The number of benzene rings is 2. The number of rotatable bonds is 3. The van der Waals surface area contributed by atoms with Gasteiger partial charge in [0.25, 0.3) is 0 Å². The molecule has 1 unspecified atom stereocenters. The molecule has 26 heavy (non-hydrogen) atoms. The first kappa shape index (κ1) is 16.4. The number of hydrogen-bond acceptors (Lipinski definition) is 3. The minimum atomic E-state index is -0.221. The highest BCUT2D eigenvalue weighted by atomic mass is 16.5. The van der Waals surface area contributed by atoms with Crippen molar-refractivity contribution < 1.29 is 9.53 Å². The molecule has 2 aromatic carbocycles. The molecule has 1 aromatic heterocycles. The van der Waals surface area contributed by atoms with E-state index in [1.165, 1.54) is 11.1 Å². The molecule has 0 saturated carbocycles. The number of aryl methyl sites for hydroxylation is 2. The third-order valence-corrected chi connectivity index (χ3v) is 4.64. The van der Waals surface area contributed by atoms with Gasteiger partial charge in [-0.1, -0.05) is 35.4 Å². The van der Waals surface area contributed by atoms with Gasteiger partial charge in [0.2, 0.25) is 5.91 Å². The summed E-state index contributed by atoms with van der Waals surface area (Å²) < 4.78 is 5.64. The Labute approximate surface area is 152 Å². The summed E-state index contributed by atoms with van der Waals surface area (Å²) in [5.74, 6) is 1.05. The molecule has 1 aliphatic heterocycles. The van der Waals surface area contributed by atoms with Gasteiger partial charge in [0.1, 0.15) is 5.75 Å². The molecule has 5 heteroatoms. The van der Waals surface area contributed by atoms with Crippen LogP contribution in [0.1, 0.15) is 29.0 Å². The number of para-hydroxylation sites is 1. The molecule has 4 rings (SSSR count). The minimum Gasteiger partial charge on any atom is -0.493 e. The second-order valence-corrected chi connectivity index (χ2v) is 6.76. The lowest BCUT2D eigenvalue weighted by molar-refractivity contribution is -0.118. The fraction of sp³-hybridized carbons (Fsp3) is 0.238. The Kier molecular flexibility index (Phi) is 4.21. The predicted molar refractivity (Wildman–Crippen MR) is 101 cm³/mol. The summed E-state index contributed by atoms with van der Waals surface area (Å²) in [7, 11) is 0. The number of hydrogen-bond donors (Lipinski definition) is 2. The van der Waals surface area contributed by atoms with E-state index in [1.54, 1.807) is 0 Å². The van der Waals surface area contributed by atoms with Crippen LogP contribution in [0.15, 0.2) is 48.5 Å². The molecule has 1 amide bonds. The highest BCUT2D eigenvalue weighted by Crippen LogP contribution is 2.34. The number of carbonyl (C=O) groups excluding carboxylic acids is 1. The standard InChI is InChI=1S/C21H21N3O2/c1-13-9-14(2)11-15(10-13)18-12-20(24-23-18)22-21(25)17-7-8-26-19-6-4-3-5-16(17)19/h3-6,9-12,17H,7-8H2,1-2H3,(H2,22,23,24,25). The van der Waals surface area contributed by atoms with E-state index < -0.39 is 0 Å². The molecule has 3 aromatic rings. The molecule has 0 aliphatic carbocycles. The fourth-order valence-electron chi connectivity index (χ4n) is 3.49. The second-order valence-electron chi connectivity index (χ2n) is 6.76. The summed E-state index contributed by atoms with van der Waals surface area (Å²) in [5.41, 5.74) is 5.27. The zero-order valence-corrected chi connectivity index (χ0v) is 14.9. The number of anilines is 1. The van der Waals surface area contributed by atoms with Crippen molar-refractivity contribution in [3.63, 3.8) is 0 Å². The maximum Gasteiger partial charge on any atom is 0.233 e. The molecule has 0 bridgehead atoms. The van der Waals surface area contributed by atoms with E-state index in [1.807, 2.05) is 30.3 Å². The van der Waals surface area contributed by atoms with Crippen molar-refractivity contribution in [2.45, 2.75) is 26.2 Å². The molecular weight excluding hydrogens is 326 g/mol. The Balaban J connectivity index is 1.54. The highest BCUT2D eigenvalue weighted by Gasteiger charge is 2.27.